The Balaban J connectivity index is 0.000000251. The Bertz CT molecular complexity index is 303. The van der Waals surface area contributed by atoms with Crippen molar-refractivity contribution in [2.24, 2.45) is 0 Å². The van der Waals surface area contributed by atoms with Crippen LogP contribution in [0, 0.1) is 6.08 Å². The normalized spacial score (nSPS) is 17.6. The van der Waals surface area contributed by atoms with Crippen LogP contribution in [0.5, 0.6) is 0 Å². The summed E-state index contributed by atoms with van der Waals surface area (Å²) in [6, 6.07) is 0. The SMILES string of the molecule is CPC1=[C-]C2=CC=CC2=C1.[Cl][Zr][Cl]. The van der Waals surface area contributed by atoms with Crippen molar-refractivity contribution >= 4 is 25.6 Å². The third-order valence-corrected chi connectivity index (χ3v) is 2.50. The molecule has 0 amide bonds. The fraction of sp³-hybridized carbons (Fsp3) is 0.111. The Morgan fingerprint density at radius 1 is 1.46 bits per heavy atom. The van der Waals surface area contributed by atoms with Crippen molar-refractivity contribution in [1.29, 1.82) is 0 Å². The van der Waals surface area contributed by atoms with Gasteiger partial charge in [0.2, 0.25) is 0 Å². The van der Waals surface area contributed by atoms with Crippen molar-refractivity contribution in [1.82, 2.24) is 0 Å². The molecule has 1 unspecified atom stereocenters. The molecule has 0 aromatic carbocycles. The van der Waals surface area contributed by atoms with Gasteiger partial charge in [-0.3, -0.25) is 0 Å². The van der Waals surface area contributed by atoms with Crippen LogP contribution in [-0.4, -0.2) is 6.66 Å². The molecule has 68 valence electrons. The summed E-state index contributed by atoms with van der Waals surface area (Å²) in [5.74, 6) is 0. The molecule has 0 aromatic rings. The zero-order chi connectivity index (χ0) is 9.68. The first-order valence-electron chi connectivity index (χ1n) is 3.70. The van der Waals surface area contributed by atoms with Gasteiger partial charge in [0.05, 0.1) is 0 Å². The molecule has 4 heteroatoms. The van der Waals surface area contributed by atoms with E-state index < -0.39 is 20.8 Å². The van der Waals surface area contributed by atoms with Crippen LogP contribution in [0.25, 0.3) is 0 Å². The molecular weight excluding hydrogens is 301 g/mol. The number of hydrogen-bond donors (Lipinski definition) is 0. The van der Waals surface area contributed by atoms with E-state index in [-0.39, 0.29) is 0 Å². The molecule has 2 rings (SSSR count). The minimum absolute atomic E-state index is 0.826. The molecule has 0 nitrogen and oxygen atoms in total. The van der Waals surface area contributed by atoms with Crippen LogP contribution in [-0.2, 0) is 20.8 Å². The molecule has 1 atom stereocenters. The molecule has 2 aliphatic carbocycles. The number of allylic oxidation sites excluding steroid dienone is 8. The zero-order valence-electron chi connectivity index (χ0n) is 7.07. The van der Waals surface area contributed by atoms with Gasteiger partial charge in [0, 0.05) is 0 Å². The van der Waals surface area contributed by atoms with Gasteiger partial charge in [0.15, 0.2) is 0 Å². The molecule has 0 fully saturated rings. The standard InChI is InChI=1S/C9H8P.2ClH.Zr/c1-10-9-5-7-3-2-4-8(7)6-9;;;/h2-5,10H,1H3;2*1H;/q-1;;;+2/p-2. The maximum absolute atomic E-state index is 4.93. The van der Waals surface area contributed by atoms with Crippen LogP contribution in [0.2, 0.25) is 0 Å². The van der Waals surface area contributed by atoms with Gasteiger partial charge in [-0.15, -0.1) is 43.8 Å². The zero-order valence-corrected chi connectivity index (χ0v) is 12.0. The summed E-state index contributed by atoms with van der Waals surface area (Å²) < 4.78 is 0. The van der Waals surface area contributed by atoms with Crippen molar-refractivity contribution in [2.75, 3.05) is 6.66 Å². The van der Waals surface area contributed by atoms with Gasteiger partial charge in [0.1, 0.15) is 0 Å². The van der Waals surface area contributed by atoms with Crippen molar-refractivity contribution in [2.45, 2.75) is 0 Å². The second-order valence-corrected chi connectivity index (χ2v) is 7.17. The van der Waals surface area contributed by atoms with E-state index in [0.29, 0.717) is 0 Å². The third kappa shape index (κ3) is 3.48. The topological polar surface area (TPSA) is 0 Å². The van der Waals surface area contributed by atoms with Crippen LogP contribution >= 0.6 is 25.6 Å². The van der Waals surface area contributed by atoms with E-state index in [0.717, 1.165) is 8.58 Å². The first-order chi connectivity index (χ1) is 6.31. The van der Waals surface area contributed by atoms with E-state index >= 15 is 0 Å². The Labute approximate surface area is 99.2 Å². The van der Waals surface area contributed by atoms with Crippen LogP contribution in [0.3, 0.4) is 0 Å². The van der Waals surface area contributed by atoms with Gasteiger partial charge in [-0.1, -0.05) is 0 Å². The van der Waals surface area contributed by atoms with Gasteiger partial charge in [0.25, 0.3) is 0 Å². The molecule has 0 saturated heterocycles. The van der Waals surface area contributed by atoms with Gasteiger partial charge in [-0.25, -0.2) is 0 Å². The van der Waals surface area contributed by atoms with E-state index in [2.05, 4.69) is 37.0 Å². The van der Waals surface area contributed by atoms with Crippen molar-refractivity contribution in [3.63, 3.8) is 0 Å². The number of halogens is 2. The molecule has 0 aromatic heterocycles. The Morgan fingerprint density at radius 2 is 2.15 bits per heavy atom. The summed E-state index contributed by atoms with van der Waals surface area (Å²) >= 11 is -0.826. The molecule has 0 spiro atoms. The second kappa shape index (κ2) is 6.36. The molecule has 13 heavy (non-hydrogen) atoms. The predicted molar refractivity (Wildman–Crippen MR) is 58.0 cm³/mol. The quantitative estimate of drug-likeness (QED) is 0.510. The summed E-state index contributed by atoms with van der Waals surface area (Å²) in [6.45, 7) is 2.19. The second-order valence-electron chi connectivity index (χ2n) is 2.40. The molecule has 0 heterocycles. The molecule has 0 bridgehead atoms. The fourth-order valence-corrected chi connectivity index (χ4v) is 1.70. The van der Waals surface area contributed by atoms with Crippen molar-refractivity contribution in [3.8, 4) is 0 Å². The van der Waals surface area contributed by atoms with Crippen LogP contribution in [0.15, 0.2) is 40.8 Å². The number of rotatable bonds is 1. The number of hydrogen-bond acceptors (Lipinski definition) is 0. The summed E-state index contributed by atoms with van der Waals surface area (Å²) in [6.07, 6.45) is 11.9. The molecular formula is C9H8Cl2PZr-. The Hall–Kier alpha value is 0.853. The van der Waals surface area contributed by atoms with Crippen molar-refractivity contribution < 1.29 is 20.8 Å². The molecule has 0 N–H and O–H groups in total. The van der Waals surface area contributed by atoms with Gasteiger partial charge < -0.3 is 0 Å². The van der Waals surface area contributed by atoms with E-state index in [1.165, 1.54) is 16.5 Å². The summed E-state index contributed by atoms with van der Waals surface area (Å²) in [5.41, 5.74) is 2.61. The Kier molecular flexibility index (Phi) is 5.83. The number of fused-ring (bicyclic) bond motifs is 1. The van der Waals surface area contributed by atoms with Crippen molar-refractivity contribution in [3.05, 3.63) is 46.8 Å². The van der Waals surface area contributed by atoms with E-state index in [4.69, 9.17) is 17.0 Å². The molecule has 0 saturated carbocycles. The summed E-state index contributed by atoms with van der Waals surface area (Å²) in [5, 5.41) is 1.35. The van der Waals surface area contributed by atoms with Gasteiger partial charge in [-0.2, -0.15) is 11.6 Å². The molecule has 2 aliphatic rings. The third-order valence-electron chi connectivity index (χ3n) is 1.69. The average molecular weight is 309 g/mol. The van der Waals surface area contributed by atoms with Crippen LogP contribution in [0.4, 0.5) is 0 Å². The predicted octanol–water partition coefficient (Wildman–Crippen LogP) is 3.79. The molecule has 0 aliphatic heterocycles. The Morgan fingerprint density at radius 3 is 2.69 bits per heavy atom. The summed E-state index contributed by atoms with van der Waals surface area (Å²) in [4.78, 5) is 0. The maximum atomic E-state index is 4.93. The van der Waals surface area contributed by atoms with Crippen LogP contribution < -0.4 is 0 Å². The minimum atomic E-state index is -0.826. The first kappa shape index (κ1) is 11.9. The van der Waals surface area contributed by atoms with E-state index in [1.54, 1.807) is 0 Å². The average Bonchev–Trinajstić information content (AvgIpc) is 2.62. The van der Waals surface area contributed by atoms with E-state index in [9.17, 15) is 0 Å². The summed E-state index contributed by atoms with van der Waals surface area (Å²) in [7, 11) is 10.7. The van der Waals surface area contributed by atoms with Crippen LogP contribution in [0.1, 0.15) is 0 Å². The first-order valence-corrected chi connectivity index (χ1v) is 11.5. The monoisotopic (exact) mass is 307 g/mol. The fourth-order valence-electron chi connectivity index (χ4n) is 1.15. The van der Waals surface area contributed by atoms with Gasteiger partial charge >= 0.3 is 37.9 Å². The molecule has 0 radical (unpaired) electrons. The van der Waals surface area contributed by atoms with E-state index in [1.807, 2.05) is 0 Å². The van der Waals surface area contributed by atoms with Gasteiger partial charge in [-0.05, 0) is 6.66 Å².